The van der Waals surface area contributed by atoms with E-state index in [1.165, 1.54) is 0 Å². The van der Waals surface area contributed by atoms with E-state index in [0.717, 1.165) is 0 Å². The summed E-state index contributed by atoms with van der Waals surface area (Å²) >= 11 is 0. The minimum Gasteiger partial charge on any atom is -0.198 e. The minimum absolute atomic E-state index is 0.247. The van der Waals surface area contributed by atoms with Gasteiger partial charge in [-0.1, -0.05) is 0 Å². The van der Waals surface area contributed by atoms with Gasteiger partial charge in [0, 0.05) is 30.6 Å². The fourth-order valence-corrected chi connectivity index (χ4v) is 2.03. The lowest BCUT2D eigenvalue weighted by atomic mass is 9.85. The highest BCUT2D eigenvalue weighted by Gasteiger charge is 2.20. The third kappa shape index (κ3) is 7.71. The molecular formula is C15H17N5. The summed E-state index contributed by atoms with van der Waals surface area (Å²) in [6, 6.07) is 10.5. The molecule has 3 unspecified atom stereocenters. The number of unbranched alkanes of at least 4 members (excludes halogenated alkanes) is 1. The van der Waals surface area contributed by atoms with Crippen LogP contribution in [0, 0.1) is 74.4 Å². The Morgan fingerprint density at radius 2 is 1.10 bits per heavy atom. The molecule has 0 radical (unpaired) electrons. The summed E-state index contributed by atoms with van der Waals surface area (Å²) in [5.41, 5.74) is 0. The van der Waals surface area contributed by atoms with Crippen molar-refractivity contribution in [2.45, 2.75) is 44.9 Å². The second kappa shape index (κ2) is 11.5. The van der Waals surface area contributed by atoms with Crippen LogP contribution in [0.3, 0.4) is 0 Å². The molecule has 0 heterocycles. The van der Waals surface area contributed by atoms with Crippen molar-refractivity contribution in [1.29, 1.82) is 26.3 Å². The van der Waals surface area contributed by atoms with Gasteiger partial charge in [0.15, 0.2) is 0 Å². The lowest BCUT2D eigenvalue weighted by Gasteiger charge is -2.15. The molecule has 5 heteroatoms. The average Bonchev–Trinajstić information content (AvgIpc) is 2.48. The van der Waals surface area contributed by atoms with E-state index < -0.39 is 0 Å². The Hall–Kier alpha value is -2.55. The zero-order valence-corrected chi connectivity index (χ0v) is 11.4. The fraction of sp³-hybridized carbons (Fsp3) is 0.667. The van der Waals surface area contributed by atoms with Crippen molar-refractivity contribution in [3.63, 3.8) is 0 Å². The van der Waals surface area contributed by atoms with Crippen LogP contribution < -0.4 is 0 Å². The summed E-state index contributed by atoms with van der Waals surface area (Å²) in [5, 5.41) is 44.1. The largest absolute Gasteiger partial charge is 0.198 e. The van der Waals surface area contributed by atoms with Gasteiger partial charge < -0.3 is 0 Å². The van der Waals surface area contributed by atoms with Gasteiger partial charge in [-0.3, -0.25) is 0 Å². The Morgan fingerprint density at radius 1 is 0.600 bits per heavy atom. The molecule has 0 saturated carbocycles. The zero-order chi connectivity index (χ0) is 15.2. The molecular weight excluding hydrogens is 250 g/mol. The standard InChI is InChI=1S/C15H17N5/c16-6-2-1-4-13(10-18)8-15(12-20)9-14(11-19)5-3-7-17/h13-15H,1-5,8-9H2. The summed E-state index contributed by atoms with van der Waals surface area (Å²) in [4.78, 5) is 0. The summed E-state index contributed by atoms with van der Waals surface area (Å²) in [5.74, 6) is -0.897. The van der Waals surface area contributed by atoms with E-state index in [2.05, 4.69) is 18.2 Å². The first kappa shape index (κ1) is 17.4. The van der Waals surface area contributed by atoms with Crippen LogP contribution >= 0.6 is 0 Å². The van der Waals surface area contributed by atoms with E-state index in [1.54, 1.807) is 0 Å². The zero-order valence-electron chi connectivity index (χ0n) is 11.4. The monoisotopic (exact) mass is 267 g/mol. The van der Waals surface area contributed by atoms with Crippen molar-refractivity contribution < 1.29 is 0 Å². The van der Waals surface area contributed by atoms with E-state index in [-0.39, 0.29) is 17.8 Å². The van der Waals surface area contributed by atoms with Gasteiger partial charge in [0.2, 0.25) is 0 Å². The number of nitrogens with zero attached hydrogens (tertiary/aromatic N) is 5. The van der Waals surface area contributed by atoms with Gasteiger partial charge in [-0.05, 0) is 32.1 Å². The Bertz CT molecular complexity index is 477. The highest BCUT2D eigenvalue weighted by Crippen LogP contribution is 2.24. The van der Waals surface area contributed by atoms with Crippen molar-refractivity contribution in [1.82, 2.24) is 0 Å². The first-order valence-electron chi connectivity index (χ1n) is 6.64. The van der Waals surface area contributed by atoms with Crippen LogP contribution in [-0.2, 0) is 0 Å². The molecule has 0 rings (SSSR count). The Balaban J connectivity index is 4.36. The lowest BCUT2D eigenvalue weighted by Crippen LogP contribution is -2.11. The van der Waals surface area contributed by atoms with Crippen LogP contribution in [0.2, 0.25) is 0 Å². The lowest BCUT2D eigenvalue weighted by molar-refractivity contribution is 0.400. The maximum Gasteiger partial charge on any atom is 0.0656 e. The topological polar surface area (TPSA) is 119 Å². The minimum atomic E-state index is -0.343. The maximum atomic E-state index is 9.13. The molecule has 0 fully saturated rings. The van der Waals surface area contributed by atoms with Crippen molar-refractivity contribution >= 4 is 0 Å². The molecule has 20 heavy (non-hydrogen) atoms. The van der Waals surface area contributed by atoms with Gasteiger partial charge >= 0.3 is 0 Å². The van der Waals surface area contributed by atoms with E-state index in [1.807, 2.05) is 12.1 Å². The van der Waals surface area contributed by atoms with Gasteiger partial charge in [-0.25, -0.2) is 0 Å². The molecule has 5 nitrogen and oxygen atoms in total. The predicted molar refractivity (Wildman–Crippen MR) is 70.9 cm³/mol. The van der Waals surface area contributed by atoms with Gasteiger partial charge in [0.05, 0.1) is 30.3 Å². The van der Waals surface area contributed by atoms with Gasteiger partial charge in [-0.15, -0.1) is 0 Å². The Labute approximate surface area is 120 Å². The predicted octanol–water partition coefficient (Wildman–Crippen LogP) is 3.18. The van der Waals surface area contributed by atoms with Gasteiger partial charge in [0.25, 0.3) is 0 Å². The van der Waals surface area contributed by atoms with Crippen LogP contribution in [0.15, 0.2) is 0 Å². The third-order valence-corrected chi connectivity index (χ3v) is 3.13. The molecule has 3 atom stereocenters. The molecule has 0 aliphatic carbocycles. The van der Waals surface area contributed by atoms with Crippen LogP contribution in [-0.4, -0.2) is 0 Å². The molecule has 0 aromatic carbocycles. The quantitative estimate of drug-likeness (QED) is 0.594. The first-order chi connectivity index (χ1) is 9.71. The smallest absolute Gasteiger partial charge is 0.0656 e. The summed E-state index contributed by atoms with van der Waals surface area (Å²) in [6.45, 7) is 0. The van der Waals surface area contributed by atoms with E-state index in [9.17, 15) is 0 Å². The van der Waals surface area contributed by atoms with E-state index in [0.29, 0.717) is 44.9 Å². The number of hydrogen-bond acceptors (Lipinski definition) is 5. The van der Waals surface area contributed by atoms with E-state index in [4.69, 9.17) is 26.3 Å². The molecule has 102 valence electrons. The first-order valence-corrected chi connectivity index (χ1v) is 6.64. The highest BCUT2D eigenvalue weighted by molar-refractivity contribution is 4.96. The van der Waals surface area contributed by atoms with Crippen molar-refractivity contribution in [2.24, 2.45) is 17.8 Å². The Morgan fingerprint density at radius 3 is 1.55 bits per heavy atom. The molecule has 0 saturated heterocycles. The molecule has 0 amide bonds. The van der Waals surface area contributed by atoms with Gasteiger partial charge in [-0.2, -0.15) is 26.3 Å². The summed E-state index contributed by atoms with van der Waals surface area (Å²) in [7, 11) is 0. The second-order valence-electron chi connectivity index (χ2n) is 4.70. The third-order valence-electron chi connectivity index (χ3n) is 3.13. The van der Waals surface area contributed by atoms with Crippen LogP contribution in [0.4, 0.5) is 0 Å². The van der Waals surface area contributed by atoms with Crippen molar-refractivity contribution in [3.05, 3.63) is 0 Å². The molecule has 0 N–H and O–H groups in total. The summed E-state index contributed by atoms with van der Waals surface area (Å²) < 4.78 is 0. The number of nitriles is 5. The number of hydrogen-bond donors (Lipinski definition) is 0. The van der Waals surface area contributed by atoms with Crippen LogP contribution in [0.25, 0.3) is 0 Å². The molecule has 0 bridgehead atoms. The molecule has 0 aliphatic heterocycles. The molecule has 0 aromatic heterocycles. The van der Waals surface area contributed by atoms with Crippen LogP contribution in [0.5, 0.6) is 0 Å². The van der Waals surface area contributed by atoms with Crippen LogP contribution in [0.1, 0.15) is 44.9 Å². The number of rotatable bonds is 9. The Kier molecular flexibility index (Phi) is 10.1. The average molecular weight is 267 g/mol. The van der Waals surface area contributed by atoms with E-state index >= 15 is 0 Å². The highest BCUT2D eigenvalue weighted by atomic mass is 14.3. The molecule has 0 aromatic rings. The van der Waals surface area contributed by atoms with Crippen molar-refractivity contribution in [2.75, 3.05) is 0 Å². The second-order valence-corrected chi connectivity index (χ2v) is 4.70. The van der Waals surface area contributed by atoms with Crippen molar-refractivity contribution in [3.8, 4) is 30.3 Å². The normalized spacial score (nSPS) is 13.6. The van der Waals surface area contributed by atoms with Gasteiger partial charge in [0.1, 0.15) is 0 Å². The fourth-order valence-electron chi connectivity index (χ4n) is 2.03. The SMILES string of the molecule is N#CCCCC(C#N)CC(C#N)CC(C#N)CCC#N. The summed E-state index contributed by atoms with van der Waals surface area (Å²) in [6.07, 6.45) is 3.30. The molecule has 0 aliphatic rings. The maximum absolute atomic E-state index is 9.13. The molecule has 0 spiro atoms.